The molecule has 1 saturated heterocycles. The second-order valence-electron chi connectivity index (χ2n) is 4.66. The first kappa shape index (κ1) is 10.5. The van der Waals surface area contributed by atoms with Crippen LogP contribution < -0.4 is 4.90 Å². The topological polar surface area (TPSA) is 57.6 Å². The molecular formula is C13H13NO3. The highest BCUT2D eigenvalue weighted by atomic mass is 16.3. The van der Waals surface area contributed by atoms with Crippen LogP contribution in [0.15, 0.2) is 30.3 Å². The van der Waals surface area contributed by atoms with Crippen LogP contribution in [0, 0.1) is 17.8 Å². The SMILES string of the molecule is O=C1[C@@H]2[C@@H](CO)C[C@@H]2C(=O)N1c1ccccc1. The number of aliphatic hydroxyl groups excluding tert-OH is 1. The fraction of sp³-hybridized carbons (Fsp3) is 0.385. The number of amides is 2. The van der Waals surface area contributed by atoms with Gasteiger partial charge in [-0.1, -0.05) is 18.2 Å². The number of para-hydroxylation sites is 1. The number of carbonyl (C=O) groups is 2. The number of carbonyl (C=O) groups excluding carboxylic acids is 2. The Morgan fingerprint density at radius 3 is 2.53 bits per heavy atom. The molecule has 1 aliphatic carbocycles. The van der Waals surface area contributed by atoms with Gasteiger partial charge in [0.15, 0.2) is 0 Å². The zero-order valence-electron chi connectivity index (χ0n) is 9.24. The minimum atomic E-state index is -0.298. The van der Waals surface area contributed by atoms with E-state index in [-0.39, 0.29) is 36.2 Å². The van der Waals surface area contributed by atoms with Gasteiger partial charge in [-0.05, 0) is 24.5 Å². The third-order valence-electron chi connectivity index (χ3n) is 3.79. The first-order valence-corrected chi connectivity index (χ1v) is 5.77. The van der Waals surface area contributed by atoms with Crippen molar-refractivity contribution < 1.29 is 14.7 Å². The van der Waals surface area contributed by atoms with Gasteiger partial charge in [0, 0.05) is 6.61 Å². The van der Waals surface area contributed by atoms with Crippen LogP contribution in [0.3, 0.4) is 0 Å². The molecule has 1 heterocycles. The Bertz CT molecular complexity index is 471. The minimum absolute atomic E-state index is 0.0111. The van der Waals surface area contributed by atoms with Gasteiger partial charge in [-0.2, -0.15) is 0 Å². The summed E-state index contributed by atoms with van der Waals surface area (Å²) < 4.78 is 0. The summed E-state index contributed by atoms with van der Waals surface area (Å²) >= 11 is 0. The summed E-state index contributed by atoms with van der Waals surface area (Å²) in [5, 5.41) is 9.11. The normalized spacial score (nSPS) is 31.4. The van der Waals surface area contributed by atoms with E-state index < -0.39 is 0 Å². The van der Waals surface area contributed by atoms with Crippen molar-refractivity contribution in [3.8, 4) is 0 Å². The van der Waals surface area contributed by atoms with Crippen molar-refractivity contribution in [3.63, 3.8) is 0 Å². The minimum Gasteiger partial charge on any atom is -0.396 e. The fourth-order valence-electron chi connectivity index (χ4n) is 2.82. The Balaban J connectivity index is 1.93. The standard InChI is InChI=1S/C13H13NO3/c15-7-8-6-10-11(8)13(17)14(12(10)16)9-4-2-1-3-5-9/h1-5,8,10-11,15H,6-7H2/t8-,10+,11-/m1/s1. The Morgan fingerprint density at radius 2 is 1.88 bits per heavy atom. The summed E-state index contributed by atoms with van der Waals surface area (Å²) in [5.74, 6) is -0.815. The van der Waals surface area contributed by atoms with E-state index >= 15 is 0 Å². The number of aliphatic hydroxyl groups is 1. The van der Waals surface area contributed by atoms with E-state index in [4.69, 9.17) is 5.11 Å². The quantitative estimate of drug-likeness (QED) is 0.766. The summed E-state index contributed by atoms with van der Waals surface area (Å²) in [4.78, 5) is 25.5. The van der Waals surface area contributed by atoms with E-state index in [1.165, 1.54) is 4.90 Å². The molecule has 88 valence electrons. The molecule has 1 aliphatic heterocycles. The van der Waals surface area contributed by atoms with Gasteiger partial charge in [0.25, 0.3) is 0 Å². The molecular weight excluding hydrogens is 218 g/mol. The van der Waals surface area contributed by atoms with Crippen molar-refractivity contribution in [2.24, 2.45) is 17.8 Å². The molecule has 1 aromatic rings. The Hall–Kier alpha value is -1.68. The lowest BCUT2D eigenvalue weighted by atomic mass is 9.66. The Kier molecular flexibility index (Phi) is 2.26. The van der Waals surface area contributed by atoms with Crippen molar-refractivity contribution in [1.29, 1.82) is 0 Å². The number of anilines is 1. The highest BCUT2D eigenvalue weighted by molar-refractivity contribution is 6.23. The van der Waals surface area contributed by atoms with Crippen LogP contribution in [0.5, 0.6) is 0 Å². The van der Waals surface area contributed by atoms with E-state index in [0.29, 0.717) is 12.1 Å². The van der Waals surface area contributed by atoms with Crippen LogP contribution in [-0.2, 0) is 9.59 Å². The van der Waals surface area contributed by atoms with Gasteiger partial charge in [0.2, 0.25) is 11.8 Å². The third-order valence-corrected chi connectivity index (χ3v) is 3.79. The first-order chi connectivity index (χ1) is 8.24. The van der Waals surface area contributed by atoms with Crippen molar-refractivity contribution >= 4 is 17.5 Å². The molecule has 17 heavy (non-hydrogen) atoms. The molecule has 0 radical (unpaired) electrons. The number of benzene rings is 1. The van der Waals surface area contributed by atoms with Gasteiger partial charge in [-0.15, -0.1) is 0 Å². The van der Waals surface area contributed by atoms with Crippen molar-refractivity contribution in [2.45, 2.75) is 6.42 Å². The Labute approximate surface area is 98.9 Å². The van der Waals surface area contributed by atoms with E-state index in [1.54, 1.807) is 24.3 Å². The lowest BCUT2D eigenvalue weighted by Gasteiger charge is -2.34. The molecule has 1 N–H and O–H groups in total. The molecule has 1 aromatic carbocycles. The number of fused-ring (bicyclic) bond motifs is 1. The zero-order chi connectivity index (χ0) is 12.0. The highest BCUT2D eigenvalue weighted by Gasteiger charge is 2.58. The molecule has 0 aromatic heterocycles. The van der Waals surface area contributed by atoms with E-state index in [2.05, 4.69) is 0 Å². The fourth-order valence-corrected chi connectivity index (χ4v) is 2.82. The maximum atomic E-state index is 12.1. The number of hydrogen-bond donors (Lipinski definition) is 1. The average Bonchev–Trinajstić information content (AvgIpc) is 2.47. The number of hydrogen-bond acceptors (Lipinski definition) is 3. The van der Waals surface area contributed by atoms with Gasteiger partial charge in [0.1, 0.15) is 0 Å². The van der Waals surface area contributed by atoms with E-state index in [1.807, 2.05) is 6.07 Å². The number of rotatable bonds is 2. The predicted octanol–water partition coefficient (Wildman–Crippen LogP) is 0.804. The second kappa shape index (κ2) is 3.67. The summed E-state index contributed by atoms with van der Waals surface area (Å²) in [7, 11) is 0. The Morgan fingerprint density at radius 1 is 1.18 bits per heavy atom. The smallest absolute Gasteiger partial charge is 0.238 e. The summed E-state index contributed by atoms with van der Waals surface area (Å²) in [6.07, 6.45) is 0.634. The highest BCUT2D eigenvalue weighted by Crippen LogP contribution is 2.48. The lowest BCUT2D eigenvalue weighted by Crippen LogP contribution is -2.40. The van der Waals surface area contributed by atoms with Gasteiger partial charge in [-0.25, -0.2) is 0 Å². The van der Waals surface area contributed by atoms with Crippen LogP contribution in [0.1, 0.15) is 6.42 Å². The lowest BCUT2D eigenvalue weighted by molar-refractivity contribution is -0.130. The summed E-state index contributed by atoms with van der Waals surface area (Å²) in [6.45, 7) is -0.0111. The van der Waals surface area contributed by atoms with Crippen molar-refractivity contribution in [1.82, 2.24) is 0 Å². The van der Waals surface area contributed by atoms with Gasteiger partial charge in [-0.3, -0.25) is 14.5 Å². The van der Waals surface area contributed by atoms with E-state index in [9.17, 15) is 9.59 Å². The van der Waals surface area contributed by atoms with Gasteiger partial charge >= 0.3 is 0 Å². The molecule has 3 rings (SSSR count). The molecule has 0 bridgehead atoms. The molecule has 0 unspecified atom stereocenters. The monoisotopic (exact) mass is 231 g/mol. The van der Waals surface area contributed by atoms with Crippen molar-refractivity contribution in [2.75, 3.05) is 11.5 Å². The predicted molar refractivity (Wildman–Crippen MR) is 61.1 cm³/mol. The van der Waals surface area contributed by atoms with Crippen LogP contribution in [0.4, 0.5) is 5.69 Å². The number of nitrogens with zero attached hydrogens (tertiary/aromatic N) is 1. The van der Waals surface area contributed by atoms with Gasteiger partial charge < -0.3 is 5.11 Å². The molecule has 0 spiro atoms. The maximum absolute atomic E-state index is 12.1. The second-order valence-corrected chi connectivity index (χ2v) is 4.66. The largest absolute Gasteiger partial charge is 0.396 e. The molecule has 4 heteroatoms. The summed E-state index contributed by atoms with van der Waals surface area (Å²) in [6, 6.07) is 8.97. The molecule has 1 saturated carbocycles. The first-order valence-electron chi connectivity index (χ1n) is 5.77. The molecule has 3 atom stereocenters. The van der Waals surface area contributed by atoms with Crippen LogP contribution in [0.25, 0.3) is 0 Å². The average molecular weight is 231 g/mol. The molecule has 4 nitrogen and oxygen atoms in total. The maximum Gasteiger partial charge on any atom is 0.238 e. The van der Waals surface area contributed by atoms with Crippen LogP contribution >= 0.6 is 0 Å². The molecule has 2 amide bonds. The zero-order valence-corrected chi connectivity index (χ0v) is 9.24. The van der Waals surface area contributed by atoms with Gasteiger partial charge in [0.05, 0.1) is 17.5 Å². The number of imide groups is 1. The molecule has 2 fully saturated rings. The van der Waals surface area contributed by atoms with Crippen molar-refractivity contribution in [3.05, 3.63) is 30.3 Å². The van der Waals surface area contributed by atoms with Crippen LogP contribution in [0.2, 0.25) is 0 Å². The summed E-state index contributed by atoms with van der Waals surface area (Å²) in [5.41, 5.74) is 0.633. The van der Waals surface area contributed by atoms with E-state index in [0.717, 1.165) is 0 Å². The molecule has 2 aliphatic rings. The van der Waals surface area contributed by atoms with Crippen LogP contribution in [-0.4, -0.2) is 23.5 Å². The third kappa shape index (κ3) is 1.34.